The molecule has 1 aromatic heterocycles. The number of hydrogen-bond acceptors (Lipinski definition) is 4. The molecular formula is C22H19N3O2. The predicted octanol–water partition coefficient (Wildman–Crippen LogP) is 3.94. The highest BCUT2D eigenvalue weighted by molar-refractivity contribution is 6.09. The van der Waals surface area contributed by atoms with Crippen LogP contribution in [0, 0.1) is 6.92 Å². The smallest absolute Gasteiger partial charge is 0.294 e. The molecule has 1 aliphatic rings. The number of fused-ring (bicyclic) bond motifs is 1. The molecule has 3 aromatic rings. The summed E-state index contributed by atoms with van der Waals surface area (Å²) in [4.78, 5) is 19.1. The van der Waals surface area contributed by atoms with Crippen molar-refractivity contribution in [1.82, 2.24) is 4.98 Å². The summed E-state index contributed by atoms with van der Waals surface area (Å²) in [6.45, 7) is 2.48. The van der Waals surface area contributed by atoms with Crippen molar-refractivity contribution in [2.45, 2.75) is 13.5 Å². The van der Waals surface area contributed by atoms with Crippen molar-refractivity contribution >= 4 is 23.4 Å². The monoisotopic (exact) mass is 357 g/mol. The summed E-state index contributed by atoms with van der Waals surface area (Å²) in [5.41, 5.74) is 10.1. The molecule has 2 N–H and O–H groups in total. The Morgan fingerprint density at radius 1 is 1.11 bits per heavy atom. The number of nitrogens with two attached hydrogens (primary N) is 1. The molecule has 2 heterocycles. The number of nitrogen functional groups attached to an aromatic ring is 1. The molecule has 5 heteroatoms. The number of ether oxygens (including phenoxy) is 1. The average Bonchev–Trinajstić information content (AvgIpc) is 2.67. The number of nitrogens with zero attached hydrogens (tertiary/aromatic N) is 2. The van der Waals surface area contributed by atoms with Gasteiger partial charge in [-0.1, -0.05) is 35.9 Å². The van der Waals surface area contributed by atoms with Crippen LogP contribution in [-0.4, -0.2) is 10.9 Å². The van der Waals surface area contributed by atoms with E-state index < -0.39 is 0 Å². The van der Waals surface area contributed by atoms with Gasteiger partial charge in [-0.25, -0.2) is 0 Å². The molecular weight excluding hydrogens is 338 g/mol. The van der Waals surface area contributed by atoms with E-state index in [9.17, 15) is 4.79 Å². The van der Waals surface area contributed by atoms with E-state index in [1.54, 1.807) is 29.3 Å². The lowest BCUT2D eigenvalue weighted by Gasteiger charge is -2.30. The van der Waals surface area contributed by atoms with Gasteiger partial charge in [0.15, 0.2) is 11.5 Å². The van der Waals surface area contributed by atoms with Gasteiger partial charge in [-0.15, -0.1) is 0 Å². The third kappa shape index (κ3) is 3.53. The number of benzene rings is 2. The summed E-state index contributed by atoms with van der Waals surface area (Å²) in [6.07, 6.45) is 3.33. The van der Waals surface area contributed by atoms with Crippen LogP contribution in [0.3, 0.4) is 0 Å². The molecule has 0 bridgehead atoms. The second-order valence-corrected chi connectivity index (χ2v) is 6.47. The molecule has 134 valence electrons. The van der Waals surface area contributed by atoms with Crippen LogP contribution >= 0.6 is 0 Å². The molecule has 5 nitrogen and oxygen atoms in total. The van der Waals surface area contributed by atoms with Gasteiger partial charge in [-0.3, -0.25) is 14.7 Å². The first-order chi connectivity index (χ1) is 13.1. The van der Waals surface area contributed by atoms with Crippen molar-refractivity contribution < 1.29 is 9.53 Å². The van der Waals surface area contributed by atoms with Crippen LogP contribution in [0.1, 0.15) is 16.8 Å². The Balaban J connectivity index is 1.75. The first kappa shape index (κ1) is 16.8. The molecule has 0 radical (unpaired) electrons. The van der Waals surface area contributed by atoms with Crippen molar-refractivity contribution in [3.8, 4) is 5.75 Å². The highest BCUT2D eigenvalue weighted by atomic mass is 16.5. The molecule has 0 saturated carbocycles. The van der Waals surface area contributed by atoms with Crippen molar-refractivity contribution in [3.63, 3.8) is 0 Å². The van der Waals surface area contributed by atoms with E-state index in [1.165, 1.54) is 5.56 Å². The maximum Gasteiger partial charge on any atom is 0.294 e. The third-order valence-corrected chi connectivity index (χ3v) is 4.38. The molecule has 0 atom stereocenters. The standard InChI is InChI=1S/C22H19N3O2/c1-15-5-7-16(8-6-15)14-25-19-10-9-17(23)12-20(19)27-21(22(25)26)13-18-4-2-3-11-24-18/h2-13H,14,23H2,1H3/b21-13+. The minimum Gasteiger partial charge on any atom is -0.449 e. The Bertz CT molecular complexity index is 1010. The molecule has 0 unspecified atom stereocenters. The molecule has 1 amide bonds. The van der Waals surface area contributed by atoms with Gasteiger partial charge in [0.2, 0.25) is 0 Å². The fraction of sp³-hybridized carbons (Fsp3) is 0.0909. The van der Waals surface area contributed by atoms with E-state index in [0.29, 0.717) is 29.4 Å². The van der Waals surface area contributed by atoms with Gasteiger partial charge in [0.25, 0.3) is 5.91 Å². The largest absolute Gasteiger partial charge is 0.449 e. The maximum absolute atomic E-state index is 13.1. The number of hydrogen-bond donors (Lipinski definition) is 1. The van der Waals surface area contributed by atoms with Crippen LogP contribution in [0.25, 0.3) is 6.08 Å². The van der Waals surface area contributed by atoms with Crippen LogP contribution in [0.5, 0.6) is 5.75 Å². The van der Waals surface area contributed by atoms with E-state index in [1.807, 2.05) is 55.5 Å². The second kappa shape index (κ2) is 6.96. The van der Waals surface area contributed by atoms with E-state index in [-0.39, 0.29) is 11.7 Å². The Morgan fingerprint density at radius 2 is 1.93 bits per heavy atom. The zero-order chi connectivity index (χ0) is 18.8. The van der Waals surface area contributed by atoms with E-state index in [2.05, 4.69) is 4.98 Å². The van der Waals surface area contributed by atoms with Crippen LogP contribution in [0.4, 0.5) is 11.4 Å². The molecule has 0 aliphatic carbocycles. The summed E-state index contributed by atoms with van der Waals surface area (Å²) >= 11 is 0. The highest BCUT2D eigenvalue weighted by Gasteiger charge is 2.30. The van der Waals surface area contributed by atoms with Gasteiger partial charge in [-0.2, -0.15) is 0 Å². The van der Waals surface area contributed by atoms with Crippen molar-refractivity contribution in [2.24, 2.45) is 0 Å². The van der Waals surface area contributed by atoms with Crippen molar-refractivity contribution in [1.29, 1.82) is 0 Å². The summed E-state index contributed by atoms with van der Waals surface area (Å²) in [7, 11) is 0. The molecule has 1 aliphatic heterocycles. The van der Waals surface area contributed by atoms with Gasteiger partial charge in [-0.05, 0) is 36.8 Å². The molecule has 27 heavy (non-hydrogen) atoms. The minimum atomic E-state index is -0.210. The summed E-state index contributed by atoms with van der Waals surface area (Å²) in [5.74, 6) is 0.571. The predicted molar refractivity (Wildman–Crippen MR) is 106 cm³/mol. The van der Waals surface area contributed by atoms with E-state index >= 15 is 0 Å². The second-order valence-electron chi connectivity index (χ2n) is 6.47. The number of carbonyl (C=O) groups excluding carboxylic acids is 1. The number of amides is 1. The van der Waals surface area contributed by atoms with Gasteiger partial charge >= 0.3 is 0 Å². The van der Waals surface area contributed by atoms with Crippen molar-refractivity contribution in [2.75, 3.05) is 10.6 Å². The van der Waals surface area contributed by atoms with E-state index in [0.717, 1.165) is 5.56 Å². The lowest BCUT2D eigenvalue weighted by Crippen LogP contribution is -2.36. The molecule has 2 aromatic carbocycles. The molecule has 0 saturated heterocycles. The molecule has 4 rings (SSSR count). The number of pyridine rings is 1. The number of aryl methyl sites for hydroxylation is 1. The van der Waals surface area contributed by atoms with Crippen LogP contribution in [0.15, 0.2) is 72.6 Å². The zero-order valence-corrected chi connectivity index (χ0v) is 14.9. The summed E-state index contributed by atoms with van der Waals surface area (Å²) in [6, 6.07) is 18.9. The van der Waals surface area contributed by atoms with Crippen LogP contribution < -0.4 is 15.4 Å². The van der Waals surface area contributed by atoms with Crippen LogP contribution in [0.2, 0.25) is 0 Å². The minimum absolute atomic E-state index is 0.210. The van der Waals surface area contributed by atoms with Crippen molar-refractivity contribution in [3.05, 3.63) is 89.4 Å². The molecule has 0 fully saturated rings. The number of anilines is 2. The fourth-order valence-electron chi connectivity index (χ4n) is 2.96. The lowest BCUT2D eigenvalue weighted by atomic mass is 10.1. The summed E-state index contributed by atoms with van der Waals surface area (Å²) < 4.78 is 5.87. The Kier molecular flexibility index (Phi) is 4.34. The maximum atomic E-state index is 13.1. The SMILES string of the molecule is Cc1ccc(CN2C(=O)/C(=C\c3ccccn3)Oc3cc(N)ccc32)cc1. The number of aromatic nitrogens is 1. The first-order valence-electron chi connectivity index (χ1n) is 8.68. The Morgan fingerprint density at radius 3 is 2.67 bits per heavy atom. The summed E-state index contributed by atoms with van der Waals surface area (Å²) in [5, 5.41) is 0. The Labute approximate surface area is 157 Å². The van der Waals surface area contributed by atoms with Gasteiger partial charge in [0.1, 0.15) is 0 Å². The fourth-order valence-corrected chi connectivity index (χ4v) is 2.96. The topological polar surface area (TPSA) is 68.5 Å². The van der Waals surface area contributed by atoms with Crippen LogP contribution in [-0.2, 0) is 11.3 Å². The number of rotatable bonds is 3. The van der Waals surface area contributed by atoms with E-state index in [4.69, 9.17) is 10.5 Å². The van der Waals surface area contributed by atoms with Gasteiger partial charge in [0.05, 0.1) is 17.9 Å². The molecule has 0 spiro atoms. The Hall–Kier alpha value is -3.60. The highest BCUT2D eigenvalue weighted by Crippen LogP contribution is 2.38. The lowest BCUT2D eigenvalue weighted by molar-refractivity contribution is -0.117. The average molecular weight is 357 g/mol. The van der Waals surface area contributed by atoms with Gasteiger partial charge in [0, 0.05) is 24.0 Å². The van der Waals surface area contributed by atoms with Gasteiger partial charge < -0.3 is 10.5 Å². The normalized spacial score (nSPS) is 14.8. The third-order valence-electron chi connectivity index (χ3n) is 4.38. The number of carbonyl (C=O) groups is 1. The first-order valence-corrected chi connectivity index (χ1v) is 8.68. The zero-order valence-electron chi connectivity index (χ0n) is 14.9. The quantitative estimate of drug-likeness (QED) is 0.569.